The minimum atomic E-state index is -1.01. The van der Waals surface area contributed by atoms with E-state index in [1.807, 2.05) is 291 Å². The van der Waals surface area contributed by atoms with Crippen LogP contribution < -0.4 is 19.6 Å². The molecule has 0 aromatic heterocycles. The SMILES string of the molecule is O=C(O)c1ccc(C#Cc2ccc(N(c3ccc(C#Cc4ccc(C(=O)O)cc4)cc3)c3ccc(C#Cc4ccc(N(c5ccc(C#Cc6ccc(N(c7ccc(C#Cc8ccc(C(=O)O)cc8)cc7)c7ccc(C#Cc8ccc(C(=O)O)cc8)cc7)cc6)cc5)c5ccc(C#Cc6ccc(N(c7ccc(C#Cc8ccc(C(=O)O)cc8)cc7)c7ccc(C#Cc8ccc(C(=O)O)cc8)cc7)cc6)cc5)cc4)cc3)cc2)cc1. The Morgan fingerprint density at radius 1 is 0.108 bits per heavy atom. The summed E-state index contributed by atoms with van der Waals surface area (Å²) < 4.78 is 0. The lowest BCUT2D eigenvalue weighted by Crippen LogP contribution is -2.10. The topological polar surface area (TPSA) is 237 Å². The van der Waals surface area contributed by atoms with Gasteiger partial charge in [-0.25, -0.2) is 28.8 Å². The molecule has 698 valence electrons. The van der Waals surface area contributed by atoms with Crippen LogP contribution in [0.3, 0.4) is 0 Å². The summed E-state index contributed by atoms with van der Waals surface area (Å²) in [6.45, 7) is 0. The minimum Gasteiger partial charge on any atom is -0.478 e. The standard InChI is InChI=1S/C132H78N4O12/c137-127(138)109-55-19-91(20-56-109)1-7-97-31-67-115(68-32-97)133(116-69-33-98(34-70-116)8-2-92-21-57-110(58-22-92)128(139)140)121-79-43-103(44-80-121)13-16-106-49-85-124(86-50-106)136(125-87-51-107(52-88-125)17-14-104-45-81-122(82-46-104)134(117-71-35-99(36-72-117)9-3-93-23-59-111(60-24-93)129(141)142)118-73-37-100(38-74-118)10-4-94-25-61-112(62-26-94)130(143)144)126-89-53-108(54-90-126)18-15-105-47-83-123(84-48-105)135(119-75-39-101(40-76-119)11-5-95-27-63-113(64-28-95)131(145)146)120-77-41-102(42-78-120)12-6-96-29-65-114(66-30-96)132(147)148/h19-90H,(H,137,138)(H,139,140)(H,141,142)(H,143,144)(H,145,146)(H,147,148). The number of benzene rings is 18. The van der Waals surface area contributed by atoms with Crippen LogP contribution in [0.5, 0.6) is 0 Å². The predicted octanol–water partition coefficient (Wildman–Crippen LogP) is 26.4. The molecule has 0 atom stereocenters. The highest BCUT2D eigenvalue weighted by atomic mass is 16.4. The van der Waals surface area contributed by atoms with Crippen LogP contribution in [0, 0.1) is 107 Å². The molecule has 0 heterocycles. The molecule has 148 heavy (non-hydrogen) atoms. The quantitative estimate of drug-likeness (QED) is 0.0438. The van der Waals surface area contributed by atoms with Gasteiger partial charge in [0.1, 0.15) is 0 Å². The van der Waals surface area contributed by atoms with E-state index >= 15 is 0 Å². The van der Waals surface area contributed by atoms with E-state index < -0.39 is 35.8 Å². The molecule has 16 nitrogen and oxygen atoms in total. The third-order valence-electron chi connectivity index (χ3n) is 23.5. The van der Waals surface area contributed by atoms with Crippen LogP contribution in [0.1, 0.15) is 162 Å². The lowest BCUT2D eigenvalue weighted by atomic mass is 10.1. The molecule has 18 rings (SSSR count). The van der Waals surface area contributed by atoms with Crippen LogP contribution in [0.2, 0.25) is 0 Å². The van der Waals surface area contributed by atoms with Crippen LogP contribution in [-0.4, -0.2) is 66.5 Å². The van der Waals surface area contributed by atoms with Gasteiger partial charge in [0.25, 0.3) is 0 Å². The Kier molecular flexibility index (Phi) is 29.5. The number of aromatic carboxylic acids is 6. The molecule has 0 aliphatic carbocycles. The Hall–Kier alpha value is -22.0. The summed E-state index contributed by atoms with van der Waals surface area (Å²) in [6.07, 6.45) is 0. The molecule has 0 aliphatic heterocycles. The second-order valence-electron chi connectivity index (χ2n) is 33.4. The smallest absolute Gasteiger partial charge is 0.335 e. The third kappa shape index (κ3) is 24.8. The molecule has 0 bridgehead atoms. The van der Waals surface area contributed by atoms with Gasteiger partial charge in [-0.2, -0.15) is 0 Å². The molecule has 0 saturated heterocycles. The van der Waals surface area contributed by atoms with Crippen LogP contribution in [0.4, 0.5) is 68.2 Å². The normalized spacial score (nSPS) is 10.1. The van der Waals surface area contributed by atoms with E-state index in [4.69, 9.17) is 0 Å². The number of rotatable bonds is 18. The fraction of sp³-hybridized carbons (Fsp3) is 0. The van der Waals surface area contributed by atoms with Crippen LogP contribution >= 0.6 is 0 Å². The number of nitrogens with zero attached hydrogens (tertiary/aromatic N) is 4. The lowest BCUT2D eigenvalue weighted by molar-refractivity contribution is 0.0686. The van der Waals surface area contributed by atoms with Gasteiger partial charge in [-0.05, 0) is 437 Å². The van der Waals surface area contributed by atoms with Crippen molar-refractivity contribution >= 4 is 104 Å². The fourth-order valence-corrected chi connectivity index (χ4v) is 15.6. The monoisotopic (exact) mass is 1910 g/mol. The van der Waals surface area contributed by atoms with Crippen molar-refractivity contribution < 1.29 is 59.4 Å². The van der Waals surface area contributed by atoms with E-state index in [1.165, 1.54) is 72.8 Å². The summed E-state index contributed by atoms with van der Waals surface area (Å²) in [6, 6.07) is 134. The van der Waals surface area contributed by atoms with Gasteiger partial charge in [0, 0.05) is 168 Å². The zero-order chi connectivity index (χ0) is 102. The van der Waals surface area contributed by atoms with Crippen LogP contribution in [0.15, 0.2) is 437 Å². The number of hydrogen-bond acceptors (Lipinski definition) is 10. The second kappa shape index (κ2) is 45.3. The zero-order valence-electron chi connectivity index (χ0n) is 78.5. The van der Waals surface area contributed by atoms with Gasteiger partial charge in [-0.3, -0.25) is 0 Å². The van der Waals surface area contributed by atoms with E-state index in [-0.39, 0.29) is 33.4 Å². The van der Waals surface area contributed by atoms with Crippen LogP contribution in [-0.2, 0) is 0 Å². The highest BCUT2D eigenvalue weighted by Gasteiger charge is 2.20. The Balaban J connectivity index is 0.624. The molecule has 0 radical (unpaired) electrons. The van der Waals surface area contributed by atoms with Crippen molar-refractivity contribution in [3.8, 4) is 107 Å². The maximum atomic E-state index is 11.5. The van der Waals surface area contributed by atoms with Crippen molar-refractivity contribution in [3.05, 3.63) is 570 Å². The van der Waals surface area contributed by atoms with Gasteiger partial charge in [-0.15, -0.1) is 0 Å². The number of anilines is 12. The Bertz CT molecular complexity index is 7540. The first-order valence-corrected chi connectivity index (χ1v) is 46.3. The molecule has 0 fully saturated rings. The molecule has 18 aromatic carbocycles. The number of carboxylic acids is 6. The van der Waals surface area contributed by atoms with Crippen LogP contribution in [0.25, 0.3) is 0 Å². The summed E-state index contributed by atoms with van der Waals surface area (Å²) in [5.41, 5.74) is 24.5. The molecular formula is C132H78N4O12. The summed E-state index contributed by atoms with van der Waals surface area (Å²) in [5, 5.41) is 56.6. The molecule has 18 aromatic rings. The number of carboxylic acid groups (broad SMARTS) is 6. The maximum absolute atomic E-state index is 11.5. The zero-order valence-corrected chi connectivity index (χ0v) is 78.5. The molecule has 0 spiro atoms. The molecule has 0 saturated carbocycles. The van der Waals surface area contributed by atoms with Crippen molar-refractivity contribution in [3.63, 3.8) is 0 Å². The molecule has 0 unspecified atom stereocenters. The highest BCUT2D eigenvalue weighted by molar-refractivity contribution is 5.92. The Labute approximate surface area is 854 Å². The van der Waals surface area contributed by atoms with Gasteiger partial charge < -0.3 is 50.2 Å². The molecule has 0 aliphatic rings. The number of hydrogen-bond donors (Lipinski definition) is 6. The highest BCUT2D eigenvalue weighted by Crippen LogP contribution is 2.41. The summed E-state index contributed by atoms with van der Waals surface area (Å²) in [5.74, 6) is 52.4. The van der Waals surface area contributed by atoms with Gasteiger partial charge in [-0.1, -0.05) is 107 Å². The second-order valence-corrected chi connectivity index (χ2v) is 33.4. The molecule has 0 amide bonds. The van der Waals surface area contributed by atoms with E-state index in [2.05, 4.69) is 126 Å². The summed E-state index contributed by atoms with van der Waals surface area (Å²) in [4.78, 5) is 77.6. The van der Waals surface area contributed by atoms with Gasteiger partial charge in [0.05, 0.1) is 33.4 Å². The summed E-state index contributed by atoms with van der Waals surface area (Å²) >= 11 is 0. The van der Waals surface area contributed by atoms with Crippen molar-refractivity contribution in [2.45, 2.75) is 0 Å². The summed E-state index contributed by atoms with van der Waals surface area (Å²) in [7, 11) is 0. The lowest BCUT2D eigenvalue weighted by Gasteiger charge is -2.25. The van der Waals surface area contributed by atoms with Crippen molar-refractivity contribution in [2.75, 3.05) is 19.6 Å². The molecule has 16 heteroatoms. The Morgan fingerprint density at radius 2 is 0.169 bits per heavy atom. The van der Waals surface area contributed by atoms with Gasteiger partial charge in [0.15, 0.2) is 0 Å². The van der Waals surface area contributed by atoms with E-state index in [0.29, 0.717) is 33.4 Å². The number of carbonyl (C=O) groups is 6. The van der Waals surface area contributed by atoms with E-state index in [1.54, 1.807) is 72.8 Å². The van der Waals surface area contributed by atoms with Crippen molar-refractivity contribution in [2.24, 2.45) is 0 Å². The minimum absolute atomic E-state index is 0.178. The average Bonchev–Trinajstić information content (AvgIpc) is 0.805. The van der Waals surface area contributed by atoms with Crippen molar-refractivity contribution in [1.29, 1.82) is 0 Å². The fourth-order valence-electron chi connectivity index (χ4n) is 15.6. The Morgan fingerprint density at radius 3 is 0.230 bits per heavy atom. The average molecular weight is 1910 g/mol. The molecule has 6 N–H and O–H groups in total. The van der Waals surface area contributed by atoms with Crippen molar-refractivity contribution in [1.82, 2.24) is 0 Å². The van der Waals surface area contributed by atoms with Gasteiger partial charge >= 0.3 is 35.8 Å². The third-order valence-corrected chi connectivity index (χ3v) is 23.5. The van der Waals surface area contributed by atoms with E-state index in [0.717, 1.165) is 135 Å². The molecular weight excluding hydrogens is 1830 g/mol. The van der Waals surface area contributed by atoms with Gasteiger partial charge in [0.2, 0.25) is 0 Å². The van der Waals surface area contributed by atoms with E-state index in [9.17, 15) is 59.4 Å². The first kappa shape index (κ1) is 96.3. The predicted molar refractivity (Wildman–Crippen MR) is 579 cm³/mol. The first-order chi connectivity index (χ1) is 72.2. The largest absolute Gasteiger partial charge is 0.478 e. The maximum Gasteiger partial charge on any atom is 0.335 e. The first-order valence-electron chi connectivity index (χ1n) is 46.3.